The molecule has 1 aromatic rings. The van der Waals surface area contributed by atoms with Crippen molar-refractivity contribution in [1.82, 2.24) is 5.32 Å². The number of hydrogen-bond donors (Lipinski definition) is 1. The first-order chi connectivity index (χ1) is 7.46. The number of rotatable bonds is 2. The van der Waals surface area contributed by atoms with E-state index in [1.165, 1.54) is 0 Å². The Morgan fingerprint density at radius 3 is 2.75 bits per heavy atom. The van der Waals surface area contributed by atoms with Gasteiger partial charge in [-0.3, -0.25) is 0 Å². The van der Waals surface area contributed by atoms with E-state index in [0.717, 1.165) is 17.9 Å². The Labute approximate surface area is 101 Å². The predicted molar refractivity (Wildman–Crippen MR) is 64.2 cm³/mol. The summed E-state index contributed by atoms with van der Waals surface area (Å²) in [6, 6.07) is 3.88. The first kappa shape index (κ1) is 11.6. The van der Waals surface area contributed by atoms with Crippen LogP contribution in [-0.4, -0.2) is 12.3 Å². The highest BCUT2D eigenvalue weighted by Gasteiger charge is 2.18. The van der Waals surface area contributed by atoms with Crippen molar-refractivity contribution in [2.24, 2.45) is 0 Å². The molecule has 1 heterocycles. The highest BCUT2D eigenvalue weighted by molar-refractivity contribution is 6.32. The topological polar surface area (TPSA) is 30.5 Å². The van der Waals surface area contributed by atoms with Crippen LogP contribution in [-0.2, 0) is 6.54 Å². The average Bonchev–Trinajstić information content (AvgIpc) is 2.62. The van der Waals surface area contributed by atoms with Crippen LogP contribution in [0.4, 0.5) is 0 Å². The monoisotopic (exact) mass is 241 g/mol. The number of ether oxygens (including phenoxy) is 2. The van der Waals surface area contributed by atoms with Gasteiger partial charge in [0.15, 0.2) is 11.5 Å². The second-order valence-corrected chi connectivity index (χ2v) is 5.32. The molecule has 1 N–H and O–H groups in total. The highest BCUT2D eigenvalue weighted by Crippen LogP contribution is 2.39. The van der Waals surface area contributed by atoms with Crippen molar-refractivity contribution in [1.29, 1.82) is 0 Å². The lowest BCUT2D eigenvalue weighted by molar-refractivity contribution is 0.174. The smallest absolute Gasteiger partial charge is 0.231 e. The van der Waals surface area contributed by atoms with Gasteiger partial charge in [-0.25, -0.2) is 0 Å². The first-order valence-electron chi connectivity index (χ1n) is 5.29. The fraction of sp³-hybridized carbons (Fsp3) is 0.500. The maximum Gasteiger partial charge on any atom is 0.231 e. The van der Waals surface area contributed by atoms with Gasteiger partial charge < -0.3 is 14.8 Å². The van der Waals surface area contributed by atoms with E-state index >= 15 is 0 Å². The fourth-order valence-electron chi connectivity index (χ4n) is 1.49. The Balaban J connectivity index is 2.14. The van der Waals surface area contributed by atoms with Crippen LogP contribution >= 0.6 is 11.6 Å². The predicted octanol–water partition coefficient (Wildman–Crippen LogP) is 2.96. The molecule has 1 aliphatic rings. The Bertz CT molecular complexity index is 399. The molecule has 0 saturated heterocycles. The lowest BCUT2D eigenvalue weighted by atomic mass is 10.1. The maximum absolute atomic E-state index is 6.09. The molecule has 2 rings (SSSR count). The van der Waals surface area contributed by atoms with Crippen molar-refractivity contribution in [2.75, 3.05) is 6.79 Å². The summed E-state index contributed by atoms with van der Waals surface area (Å²) in [7, 11) is 0. The zero-order valence-corrected chi connectivity index (χ0v) is 10.5. The van der Waals surface area contributed by atoms with Gasteiger partial charge in [-0.15, -0.1) is 0 Å². The summed E-state index contributed by atoms with van der Waals surface area (Å²) in [4.78, 5) is 0. The minimum atomic E-state index is 0.0862. The van der Waals surface area contributed by atoms with Crippen molar-refractivity contribution in [2.45, 2.75) is 32.9 Å². The molecule has 88 valence electrons. The van der Waals surface area contributed by atoms with Crippen LogP contribution in [0.2, 0.25) is 5.02 Å². The lowest BCUT2D eigenvalue weighted by Crippen LogP contribution is -2.35. The molecule has 3 nitrogen and oxygen atoms in total. The molecule has 16 heavy (non-hydrogen) atoms. The third kappa shape index (κ3) is 2.60. The maximum atomic E-state index is 6.09. The molecule has 0 unspecified atom stereocenters. The summed E-state index contributed by atoms with van der Waals surface area (Å²) in [6.07, 6.45) is 0. The van der Waals surface area contributed by atoms with E-state index in [9.17, 15) is 0 Å². The van der Waals surface area contributed by atoms with Gasteiger partial charge in [0.25, 0.3) is 0 Å². The molecule has 0 saturated carbocycles. The van der Waals surface area contributed by atoms with Gasteiger partial charge in [0.1, 0.15) is 0 Å². The second kappa shape index (κ2) is 4.15. The SMILES string of the molecule is CC(C)(C)NCc1cc(Cl)c2c(c1)OCO2. The molecule has 0 amide bonds. The molecule has 0 aliphatic carbocycles. The molecule has 1 aromatic carbocycles. The van der Waals surface area contributed by atoms with E-state index in [1.54, 1.807) is 0 Å². The minimum absolute atomic E-state index is 0.0862. The lowest BCUT2D eigenvalue weighted by Gasteiger charge is -2.20. The van der Waals surface area contributed by atoms with Crippen LogP contribution in [0.25, 0.3) is 0 Å². The van der Waals surface area contributed by atoms with Crippen molar-refractivity contribution in [3.8, 4) is 11.5 Å². The van der Waals surface area contributed by atoms with E-state index in [0.29, 0.717) is 10.8 Å². The van der Waals surface area contributed by atoms with E-state index in [1.807, 2.05) is 12.1 Å². The van der Waals surface area contributed by atoms with E-state index in [-0.39, 0.29) is 12.3 Å². The molecule has 0 aromatic heterocycles. The number of hydrogen-bond acceptors (Lipinski definition) is 3. The molecule has 0 bridgehead atoms. The second-order valence-electron chi connectivity index (χ2n) is 4.91. The van der Waals surface area contributed by atoms with Crippen LogP contribution in [0.3, 0.4) is 0 Å². The zero-order valence-electron chi connectivity index (χ0n) is 9.76. The summed E-state index contributed by atoms with van der Waals surface area (Å²) in [6.45, 7) is 7.40. The third-order valence-electron chi connectivity index (χ3n) is 2.31. The van der Waals surface area contributed by atoms with Gasteiger partial charge in [0.05, 0.1) is 5.02 Å². The van der Waals surface area contributed by atoms with Gasteiger partial charge in [0, 0.05) is 12.1 Å². The van der Waals surface area contributed by atoms with Crippen LogP contribution in [0.5, 0.6) is 11.5 Å². The molecule has 1 aliphatic heterocycles. The molecular weight excluding hydrogens is 226 g/mol. The quantitative estimate of drug-likeness (QED) is 0.864. The van der Waals surface area contributed by atoms with Gasteiger partial charge in [-0.1, -0.05) is 11.6 Å². The van der Waals surface area contributed by atoms with Gasteiger partial charge >= 0.3 is 0 Å². The fourth-order valence-corrected chi connectivity index (χ4v) is 1.78. The average molecular weight is 242 g/mol. The largest absolute Gasteiger partial charge is 0.454 e. The van der Waals surface area contributed by atoms with Gasteiger partial charge in [-0.05, 0) is 38.5 Å². The Morgan fingerprint density at radius 1 is 1.31 bits per heavy atom. The van der Waals surface area contributed by atoms with Gasteiger partial charge in [-0.2, -0.15) is 0 Å². The molecule has 0 fully saturated rings. The van der Waals surface area contributed by atoms with E-state index < -0.39 is 0 Å². The van der Waals surface area contributed by atoms with Crippen molar-refractivity contribution >= 4 is 11.6 Å². The third-order valence-corrected chi connectivity index (χ3v) is 2.59. The summed E-state index contributed by atoms with van der Waals surface area (Å²) in [5, 5.41) is 4.01. The minimum Gasteiger partial charge on any atom is -0.454 e. The Morgan fingerprint density at radius 2 is 2.06 bits per heavy atom. The van der Waals surface area contributed by atoms with E-state index in [4.69, 9.17) is 21.1 Å². The number of benzene rings is 1. The molecule has 4 heteroatoms. The van der Waals surface area contributed by atoms with Crippen LogP contribution in [0.15, 0.2) is 12.1 Å². The zero-order chi connectivity index (χ0) is 11.8. The number of nitrogens with one attached hydrogen (secondary N) is 1. The van der Waals surface area contributed by atoms with Crippen LogP contribution in [0.1, 0.15) is 26.3 Å². The first-order valence-corrected chi connectivity index (χ1v) is 5.66. The van der Waals surface area contributed by atoms with Gasteiger partial charge in [0.2, 0.25) is 6.79 Å². The summed E-state index contributed by atoms with van der Waals surface area (Å²) >= 11 is 6.09. The van der Waals surface area contributed by atoms with Crippen molar-refractivity contribution < 1.29 is 9.47 Å². The number of halogens is 1. The molecule has 0 atom stereocenters. The molecule has 0 radical (unpaired) electrons. The van der Waals surface area contributed by atoms with Crippen LogP contribution in [0, 0.1) is 0 Å². The molecular formula is C12H16ClNO2. The Hall–Kier alpha value is -0.930. The summed E-state index contributed by atoms with van der Waals surface area (Å²) in [5.41, 5.74) is 1.19. The standard InChI is InChI=1S/C12H16ClNO2/c1-12(2,3)14-6-8-4-9(13)11-10(5-8)15-7-16-11/h4-5,14H,6-7H2,1-3H3. The summed E-state index contributed by atoms with van der Waals surface area (Å²) in [5.74, 6) is 1.39. The van der Waals surface area contributed by atoms with E-state index in [2.05, 4.69) is 26.1 Å². The normalized spacial score (nSPS) is 14.2. The highest BCUT2D eigenvalue weighted by atomic mass is 35.5. The Kier molecular flexibility index (Phi) is 3.00. The van der Waals surface area contributed by atoms with Crippen LogP contribution < -0.4 is 14.8 Å². The number of fused-ring (bicyclic) bond motifs is 1. The molecule has 0 spiro atoms. The van der Waals surface area contributed by atoms with Crippen molar-refractivity contribution in [3.63, 3.8) is 0 Å². The summed E-state index contributed by atoms with van der Waals surface area (Å²) < 4.78 is 10.6. The van der Waals surface area contributed by atoms with Crippen molar-refractivity contribution in [3.05, 3.63) is 22.7 Å².